The van der Waals surface area contributed by atoms with Gasteiger partial charge in [0.1, 0.15) is 6.54 Å². The van der Waals surface area contributed by atoms with E-state index in [0.717, 1.165) is 5.56 Å². The van der Waals surface area contributed by atoms with Crippen LogP contribution in [0.2, 0.25) is 5.02 Å². The highest BCUT2D eigenvalue weighted by molar-refractivity contribution is 6.33. The fourth-order valence-electron chi connectivity index (χ4n) is 3.18. The zero-order valence-electron chi connectivity index (χ0n) is 16.0. The topological polar surface area (TPSA) is 73.1 Å². The molecular weight excluding hydrogens is 378 g/mol. The number of aromatic nitrogens is 2. The number of benzene rings is 2. The van der Waals surface area contributed by atoms with Crippen molar-refractivity contribution in [3.05, 3.63) is 73.9 Å². The summed E-state index contributed by atoms with van der Waals surface area (Å²) in [5.41, 5.74) is 0.935. The lowest BCUT2D eigenvalue weighted by atomic mass is 10.2. The van der Waals surface area contributed by atoms with Gasteiger partial charge in [-0.25, -0.2) is 4.79 Å². The van der Waals surface area contributed by atoms with Gasteiger partial charge in [0.15, 0.2) is 0 Å². The van der Waals surface area contributed by atoms with Gasteiger partial charge in [0, 0.05) is 6.04 Å². The Morgan fingerprint density at radius 1 is 1.14 bits per heavy atom. The number of nitrogens with zero attached hydrogens (tertiary/aromatic N) is 2. The maximum absolute atomic E-state index is 13.0. The molecule has 1 aromatic heterocycles. The summed E-state index contributed by atoms with van der Waals surface area (Å²) in [5, 5.41) is 3.61. The third-order valence-electron chi connectivity index (χ3n) is 4.90. The fraction of sp³-hybridized carbons (Fsp3) is 0.286. The third kappa shape index (κ3) is 3.60. The van der Waals surface area contributed by atoms with Gasteiger partial charge in [-0.3, -0.25) is 18.7 Å². The number of rotatable bonds is 5. The molecule has 0 spiro atoms. The van der Waals surface area contributed by atoms with Gasteiger partial charge in [0.05, 0.1) is 21.6 Å². The minimum atomic E-state index is -0.496. The van der Waals surface area contributed by atoms with E-state index >= 15 is 0 Å². The van der Waals surface area contributed by atoms with Crippen LogP contribution in [0.3, 0.4) is 0 Å². The van der Waals surface area contributed by atoms with Crippen LogP contribution in [0.15, 0.2) is 52.1 Å². The highest BCUT2D eigenvalue weighted by Gasteiger charge is 2.18. The molecule has 3 rings (SSSR count). The van der Waals surface area contributed by atoms with Gasteiger partial charge in [-0.05, 0) is 44.0 Å². The van der Waals surface area contributed by atoms with Gasteiger partial charge in [0.2, 0.25) is 5.91 Å². The Morgan fingerprint density at radius 2 is 1.86 bits per heavy atom. The molecule has 0 fully saturated rings. The zero-order chi connectivity index (χ0) is 20.4. The van der Waals surface area contributed by atoms with Gasteiger partial charge in [0.25, 0.3) is 5.56 Å². The molecule has 0 radical (unpaired) electrons. The number of para-hydroxylation sites is 2. The second-order valence-corrected chi connectivity index (χ2v) is 7.21. The number of nitrogens with one attached hydrogen (secondary N) is 1. The maximum Gasteiger partial charge on any atom is 0.332 e. The summed E-state index contributed by atoms with van der Waals surface area (Å²) in [5.74, 6) is -0.391. The molecule has 0 bridgehead atoms. The first-order valence-electron chi connectivity index (χ1n) is 9.14. The van der Waals surface area contributed by atoms with Crippen molar-refractivity contribution >= 4 is 34.1 Å². The van der Waals surface area contributed by atoms with E-state index < -0.39 is 11.6 Å². The van der Waals surface area contributed by atoms with Crippen molar-refractivity contribution in [1.82, 2.24) is 9.13 Å². The number of anilines is 1. The second kappa shape index (κ2) is 8.02. The van der Waals surface area contributed by atoms with Crippen molar-refractivity contribution < 1.29 is 4.79 Å². The largest absolute Gasteiger partial charge is 0.332 e. The Balaban J connectivity index is 2.09. The van der Waals surface area contributed by atoms with E-state index in [1.807, 2.05) is 26.8 Å². The normalized spacial score (nSPS) is 12.1. The number of amides is 1. The molecule has 1 heterocycles. The summed E-state index contributed by atoms with van der Waals surface area (Å²) in [7, 11) is 0. The highest BCUT2D eigenvalue weighted by Crippen LogP contribution is 2.25. The van der Waals surface area contributed by atoms with Crippen LogP contribution in [0.25, 0.3) is 10.9 Å². The fourth-order valence-corrected chi connectivity index (χ4v) is 3.45. The first-order chi connectivity index (χ1) is 13.3. The summed E-state index contributed by atoms with van der Waals surface area (Å²) in [4.78, 5) is 38.5. The van der Waals surface area contributed by atoms with Gasteiger partial charge in [-0.1, -0.05) is 42.8 Å². The summed E-state index contributed by atoms with van der Waals surface area (Å²) < 4.78 is 2.56. The molecule has 3 aromatic rings. The van der Waals surface area contributed by atoms with Crippen molar-refractivity contribution in [3.63, 3.8) is 0 Å². The van der Waals surface area contributed by atoms with E-state index in [2.05, 4.69) is 5.32 Å². The molecule has 1 atom stereocenters. The lowest BCUT2D eigenvalue weighted by molar-refractivity contribution is -0.116. The molecule has 1 amide bonds. The number of hydrogen-bond acceptors (Lipinski definition) is 3. The number of fused-ring (bicyclic) bond motifs is 1. The standard InChI is InChI=1S/C21H22ClN3O3/c1-4-14(3)25-20(27)15-9-5-6-11-17(15)24(21(25)28)12-18(26)23-19-13(2)8-7-10-16(19)22/h5-11,14H,4,12H2,1-3H3,(H,23,26)/t14-/m0/s1. The van der Waals surface area contributed by atoms with Crippen molar-refractivity contribution in [2.75, 3.05) is 5.32 Å². The number of aryl methyl sites for hydroxylation is 1. The Labute approximate surface area is 167 Å². The smallest absolute Gasteiger partial charge is 0.323 e. The predicted octanol–water partition coefficient (Wildman–Crippen LogP) is 3.73. The molecule has 0 saturated carbocycles. The van der Waals surface area contributed by atoms with Crippen molar-refractivity contribution in [2.45, 2.75) is 39.8 Å². The molecule has 6 nitrogen and oxygen atoms in total. The molecule has 146 valence electrons. The number of carbonyl (C=O) groups is 1. The first kappa shape index (κ1) is 19.9. The van der Waals surface area contributed by atoms with Crippen LogP contribution in [-0.4, -0.2) is 15.0 Å². The van der Waals surface area contributed by atoms with Crippen LogP contribution in [0.5, 0.6) is 0 Å². The monoisotopic (exact) mass is 399 g/mol. The Morgan fingerprint density at radius 3 is 2.54 bits per heavy atom. The van der Waals surface area contributed by atoms with E-state index in [1.165, 1.54) is 9.13 Å². The summed E-state index contributed by atoms with van der Waals surface area (Å²) >= 11 is 6.18. The van der Waals surface area contributed by atoms with Gasteiger partial charge < -0.3 is 5.32 Å². The lowest BCUT2D eigenvalue weighted by Gasteiger charge is -2.18. The summed E-state index contributed by atoms with van der Waals surface area (Å²) in [6.45, 7) is 5.34. The van der Waals surface area contributed by atoms with Crippen molar-refractivity contribution in [1.29, 1.82) is 0 Å². The molecule has 7 heteroatoms. The maximum atomic E-state index is 13.0. The van der Waals surface area contributed by atoms with E-state index in [-0.39, 0.29) is 18.1 Å². The van der Waals surface area contributed by atoms with Gasteiger partial charge in [-0.2, -0.15) is 0 Å². The summed E-state index contributed by atoms with van der Waals surface area (Å²) in [6, 6.07) is 11.9. The average Bonchev–Trinajstić information content (AvgIpc) is 2.68. The molecule has 0 aliphatic heterocycles. The molecule has 0 unspecified atom stereocenters. The lowest BCUT2D eigenvalue weighted by Crippen LogP contribution is -2.43. The van der Waals surface area contributed by atoms with E-state index in [1.54, 1.807) is 36.4 Å². The molecule has 0 aliphatic rings. The van der Waals surface area contributed by atoms with Crippen LogP contribution < -0.4 is 16.6 Å². The predicted molar refractivity (Wildman–Crippen MR) is 112 cm³/mol. The molecule has 2 aromatic carbocycles. The van der Waals surface area contributed by atoms with E-state index in [9.17, 15) is 14.4 Å². The number of hydrogen-bond donors (Lipinski definition) is 1. The molecule has 0 aliphatic carbocycles. The zero-order valence-corrected chi connectivity index (χ0v) is 16.8. The minimum absolute atomic E-state index is 0.222. The van der Waals surface area contributed by atoms with Crippen LogP contribution in [0.4, 0.5) is 5.69 Å². The Bertz CT molecular complexity index is 1140. The van der Waals surface area contributed by atoms with Crippen LogP contribution in [0.1, 0.15) is 31.9 Å². The Kier molecular flexibility index (Phi) is 5.70. The SMILES string of the molecule is CC[C@H](C)n1c(=O)c2ccccc2n(CC(=O)Nc2c(C)cccc2Cl)c1=O. The number of halogens is 1. The number of carbonyl (C=O) groups excluding carboxylic acids is 1. The highest BCUT2D eigenvalue weighted by atomic mass is 35.5. The van der Waals surface area contributed by atoms with Gasteiger partial charge >= 0.3 is 5.69 Å². The molecule has 28 heavy (non-hydrogen) atoms. The first-order valence-corrected chi connectivity index (χ1v) is 9.52. The van der Waals surface area contributed by atoms with E-state index in [4.69, 9.17) is 11.6 Å². The molecule has 0 saturated heterocycles. The van der Waals surface area contributed by atoms with Crippen LogP contribution in [0, 0.1) is 6.92 Å². The molecular formula is C21H22ClN3O3. The van der Waals surface area contributed by atoms with Crippen LogP contribution >= 0.6 is 11.6 Å². The van der Waals surface area contributed by atoms with Gasteiger partial charge in [-0.15, -0.1) is 0 Å². The van der Waals surface area contributed by atoms with Crippen molar-refractivity contribution in [2.24, 2.45) is 0 Å². The van der Waals surface area contributed by atoms with E-state index in [0.29, 0.717) is 28.0 Å². The summed E-state index contributed by atoms with van der Waals surface area (Å²) in [6.07, 6.45) is 0.624. The molecule has 1 N–H and O–H groups in total. The third-order valence-corrected chi connectivity index (χ3v) is 5.22. The average molecular weight is 400 g/mol. The second-order valence-electron chi connectivity index (χ2n) is 6.80. The van der Waals surface area contributed by atoms with Crippen LogP contribution in [-0.2, 0) is 11.3 Å². The Hall–Kier alpha value is -2.86. The van der Waals surface area contributed by atoms with Crippen molar-refractivity contribution in [3.8, 4) is 0 Å². The quantitative estimate of drug-likeness (QED) is 0.710. The minimum Gasteiger partial charge on any atom is -0.323 e.